The predicted octanol–water partition coefficient (Wildman–Crippen LogP) is 3.14. The Hall–Kier alpha value is -3.35. The van der Waals surface area contributed by atoms with Crippen molar-refractivity contribution in [1.82, 2.24) is 9.80 Å². The molecule has 158 valence electrons. The third-order valence-electron chi connectivity index (χ3n) is 4.90. The maximum absolute atomic E-state index is 12.8. The molecule has 0 N–H and O–H groups in total. The third-order valence-corrected chi connectivity index (χ3v) is 4.90. The average Bonchev–Trinajstić information content (AvgIpc) is 3.01. The van der Waals surface area contributed by atoms with Gasteiger partial charge in [0.05, 0.1) is 13.0 Å². The fourth-order valence-electron chi connectivity index (χ4n) is 3.34. The lowest BCUT2D eigenvalue weighted by Crippen LogP contribution is -2.38. The molecule has 0 bridgehead atoms. The van der Waals surface area contributed by atoms with Crippen LogP contribution >= 0.6 is 0 Å². The summed E-state index contributed by atoms with van der Waals surface area (Å²) in [6.07, 6.45) is 0.330. The molecule has 0 saturated carbocycles. The Morgan fingerprint density at radius 3 is 2.23 bits per heavy atom. The van der Waals surface area contributed by atoms with Gasteiger partial charge in [0.25, 0.3) is 5.91 Å². The molecule has 7 heteroatoms. The largest absolute Gasteiger partial charge is 0.513 e. The summed E-state index contributed by atoms with van der Waals surface area (Å²) >= 11 is 0. The molecule has 2 aromatic carbocycles. The van der Waals surface area contributed by atoms with Crippen LogP contribution in [0, 0.1) is 0 Å². The fraction of sp³-hybridized carbons (Fsp3) is 0.348. The highest BCUT2D eigenvalue weighted by molar-refractivity contribution is 5.94. The van der Waals surface area contributed by atoms with E-state index in [9.17, 15) is 14.4 Å². The molecule has 0 atom stereocenters. The van der Waals surface area contributed by atoms with Crippen LogP contribution in [0.1, 0.15) is 29.3 Å². The molecule has 0 spiro atoms. The van der Waals surface area contributed by atoms with Gasteiger partial charge in [-0.1, -0.05) is 30.3 Å². The quantitative estimate of drug-likeness (QED) is 0.559. The second-order valence-electron chi connectivity index (χ2n) is 7.00. The zero-order valence-electron chi connectivity index (χ0n) is 17.1. The van der Waals surface area contributed by atoms with E-state index in [-0.39, 0.29) is 18.4 Å². The van der Waals surface area contributed by atoms with E-state index in [1.54, 1.807) is 36.1 Å². The number of carbonyl (C=O) groups excluding carboxylic acids is 3. The van der Waals surface area contributed by atoms with Gasteiger partial charge in [0.15, 0.2) is 0 Å². The molecule has 2 aromatic rings. The number of ether oxygens (including phenoxy) is 2. The summed E-state index contributed by atoms with van der Waals surface area (Å²) in [5.41, 5.74) is 1.50. The van der Waals surface area contributed by atoms with Gasteiger partial charge in [-0.2, -0.15) is 0 Å². The summed E-state index contributed by atoms with van der Waals surface area (Å²) in [6, 6.07) is 16.1. The van der Waals surface area contributed by atoms with Crippen LogP contribution in [0.3, 0.4) is 0 Å². The summed E-state index contributed by atoms with van der Waals surface area (Å²) < 4.78 is 9.74. The minimum Gasteiger partial charge on any atom is -0.434 e. The van der Waals surface area contributed by atoms with Gasteiger partial charge in [0.2, 0.25) is 5.91 Å². The van der Waals surface area contributed by atoms with Gasteiger partial charge in [-0.15, -0.1) is 0 Å². The van der Waals surface area contributed by atoms with Crippen molar-refractivity contribution in [2.24, 2.45) is 0 Å². The van der Waals surface area contributed by atoms with E-state index in [0.29, 0.717) is 43.9 Å². The zero-order chi connectivity index (χ0) is 21.3. The van der Waals surface area contributed by atoms with Gasteiger partial charge >= 0.3 is 6.16 Å². The lowest BCUT2D eigenvalue weighted by Gasteiger charge is -2.22. The van der Waals surface area contributed by atoms with Crippen LogP contribution in [0.25, 0.3) is 0 Å². The third kappa shape index (κ3) is 5.83. The van der Waals surface area contributed by atoms with Crippen molar-refractivity contribution in [3.8, 4) is 5.75 Å². The van der Waals surface area contributed by atoms with E-state index >= 15 is 0 Å². The fourth-order valence-corrected chi connectivity index (χ4v) is 3.34. The second kappa shape index (κ2) is 10.4. The molecule has 1 fully saturated rings. The van der Waals surface area contributed by atoms with Crippen LogP contribution in [0.5, 0.6) is 5.75 Å². The molecular formula is C23H26N2O5. The molecule has 0 aliphatic carbocycles. The van der Waals surface area contributed by atoms with E-state index in [0.717, 1.165) is 12.0 Å². The van der Waals surface area contributed by atoms with Crippen molar-refractivity contribution < 1.29 is 23.9 Å². The highest BCUT2D eigenvalue weighted by Gasteiger charge is 2.23. The van der Waals surface area contributed by atoms with Crippen LogP contribution in [0.4, 0.5) is 4.79 Å². The molecule has 1 aliphatic heterocycles. The smallest absolute Gasteiger partial charge is 0.434 e. The lowest BCUT2D eigenvalue weighted by atomic mass is 10.1. The Balaban J connectivity index is 1.55. The first-order valence-electron chi connectivity index (χ1n) is 10.1. The molecule has 0 radical (unpaired) electrons. The van der Waals surface area contributed by atoms with Gasteiger partial charge < -0.3 is 19.3 Å². The summed E-state index contributed by atoms with van der Waals surface area (Å²) in [5, 5.41) is 0. The maximum Gasteiger partial charge on any atom is 0.513 e. The Kier molecular flexibility index (Phi) is 7.43. The van der Waals surface area contributed by atoms with E-state index in [1.807, 2.05) is 35.2 Å². The topological polar surface area (TPSA) is 76.2 Å². The highest BCUT2D eigenvalue weighted by atomic mass is 16.7. The van der Waals surface area contributed by atoms with Gasteiger partial charge in [0, 0.05) is 31.7 Å². The van der Waals surface area contributed by atoms with Gasteiger partial charge in [0.1, 0.15) is 5.75 Å². The van der Waals surface area contributed by atoms with Crippen LogP contribution in [-0.2, 0) is 16.0 Å². The number of rotatable bonds is 5. The standard InChI is InChI=1S/C23H26N2O5/c1-2-29-23(28)30-20-11-9-19(10-12-20)22(27)25-14-6-13-24(15-16-25)21(26)17-18-7-4-3-5-8-18/h3-5,7-12H,2,6,13-17H2,1H3. The van der Waals surface area contributed by atoms with E-state index in [4.69, 9.17) is 9.47 Å². The van der Waals surface area contributed by atoms with Crippen molar-refractivity contribution in [1.29, 1.82) is 0 Å². The first kappa shape index (κ1) is 21.4. The Bertz CT molecular complexity index is 867. The second-order valence-corrected chi connectivity index (χ2v) is 7.00. The van der Waals surface area contributed by atoms with Crippen LogP contribution in [-0.4, -0.2) is 60.6 Å². The molecule has 3 rings (SSSR count). The normalized spacial score (nSPS) is 14.0. The highest BCUT2D eigenvalue weighted by Crippen LogP contribution is 2.16. The van der Waals surface area contributed by atoms with Gasteiger partial charge in [-0.05, 0) is 43.2 Å². The Morgan fingerprint density at radius 2 is 1.53 bits per heavy atom. The molecule has 2 amide bonds. The first-order valence-corrected chi connectivity index (χ1v) is 10.1. The molecule has 0 unspecified atom stereocenters. The van der Waals surface area contributed by atoms with Crippen molar-refractivity contribution >= 4 is 18.0 Å². The number of carbonyl (C=O) groups is 3. The molecular weight excluding hydrogens is 384 g/mol. The number of hydrogen-bond donors (Lipinski definition) is 0. The van der Waals surface area contributed by atoms with Crippen LogP contribution < -0.4 is 4.74 Å². The average molecular weight is 410 g/mol. The van der Waals surface area contributed by atoms with E-state index in [2.05, 4.69) is 0 Å². The molecule has 1 heterocycles. The Labute approximate surface area is 176 Å². The van der Waals surface area contributed by atoms with Crippen molar-refractivity contribution in [3.63, 3.8) is 0 Å². The SMILES string of the molecule is CCOC(=O)Oc1ccc(C(=O)N2CCCN(C(=O)Cc3ccccc3)CC2)cc1. The summed E-state index contributed by atoms with van der Waals surface area (Å²) in [7, 11) is 0. The minimum atomic E-state index is -0.774. The molecule has 1 saturated heterocycles. The number of nitrogens with zero attached hydrogens (tertiary/aromatic N) is 2. The summed E-state index contributed by atoms with van der Waals surface area (Å²) in [5.74, 6) is 0.296. The number of hydrogen-bond acceptors (Lipinski definition) is 5. The van der Waals surface area contributed by atoms with Crippen molar-refractivity contribution in [2.75, 3.05) is 32.8 Å². The predicted molar refractivity (Wildman–Crippen MR) is 111 cm³/mol. The summed E-state index contributed by atoms with van der Waals surface area (Å²) in [6.45, 7) is 4.16. The Morgan fingerprint density at radius 1 is 0.867 bits per heavy atom. The molecule has 7 nitrogen and oxygen atoms in total. The van der Waals surface area contributed by atoms with Crippen LogP contribution in [0.2, 0.25) is 0 Å². The molecule has 30 heavy (non-hydrogen) atoms. The van der Waals surface area contributed by atoms with Crippen molar-refractivity contribution in [3.05, 3.63) is 65.7 Å². The zero-order valence-corrected chi connectivity index (χ0v) is 17.1. The van der Waals surface area contributed by atoms with Gasteiger partial charge in [-0.3, -0.25) is 9.59 Å². The molecule has 1 aliphatic rings. The lowest BCUT2D eigenvalue weighted by molar-refractivity contribution is -0.130. The van der Waals surface area contributed by atoms with E-state index < -0.39 is 6.16 Å². The van der Waals surface area contributed by atoms with Gasteiger partial charge in [-0.25, -0.2) is 4.79 Å². The number of benzene rings is 2. The van der Waals surface area contributed by atoms with E-state index in [1.165, 1.54) is 0 Å². The maximum atomic E-state index is 12.8. The first-order chi connectivity index (χ1) is 14.6. The number of amides is 2. The van der Waals surface area contributed by atoms with Crippen LogP contribution in [0.15, 0.2) is 54.6 Å². The van der Waals surface area contributed by atoms with Crippen molar-refractivity contribution in [2.45, 2.75) is 19.8 Å². The monoisotopic (exact) mass is 410 g/mol. The molecule has 0 aromatic heterocycles. The summed E-state index contributed by atoms with van der Waals surface area (Å²) in [4.78, 5) is 40.4. The minimum absolute atomic E-state index is 0.0796.